The third-order valence-corrected chi connectivity index (χ3v) is 5.42. The van der Waals surface area contributed by atoms with Crippen molar-refractivity contribution in [1.29, 1.82) is 0 Å². The zero-order valence-electron chi connectivity index (χ0n) is 16.8. The quantitative estimate of drug-likeness (QED) is 0.737. The SMILES string of the molecule is COCC(=O)N1[C@H](CO)[C@H](c2ccc(-c3ccccc3)cc2)[C@@H]1CNC(C)C. The van der Waals surface area contributed by atoms with Gasteiger partial charge in [-0.3, -0.25) is 4.79 Å². The van der Waals surface area contributed by atoms with E-state index in [0.717, 1.165) is 11.1 Å². The van der Waals surface area contributed by atoms with Crippen LogP contribution in [-0.2, 0) is 9.53 Å². The third-order valence-electron chi connectivity index (χ3n) is 5.42. The molecule has 1 fully saturated rings. The summed E-state index contributed by atoms with van der Waals surface area (Å²) in [5, 5.41) is 13.4. The molecule has 1 amide bonds. The molecule has 0 radical (unpaired) electrons. The first kappa shape index (κ1) is 20.5. The first-order chi connectivity index (χ1) is 13.6. The number of carbonyl (C=O) groups excluding carboxylic acids is 1. The van der Waals surface area contributed by atoms with Crippen LogP contribution < -0.4 is 5.32 Å². The van der Waals surface area contributed by atoms with E-state index in [0.29, 0.717) is 12.6 Å². The van der Waals surface area contributed by atoms with Gasteiger partial charge in [-0.15, -0.1) is 0 Å². The van der Waals surface area contributed by atoms with Gasteiger partial charge in [0.25, 0.3) is 0 Å². The monoisotopic (exact) mass is 382 g/mol. The molecular weight excluding hydrogens is 352 g/mol. The second-order valence-corrected chi connectivity index (χ2v) is 7.63. The lowest BCUT2D eigenvalue weighted by Gasteiger charge is -2.55. The summed E-state index contributed by atoms with van der Waals surface area (Å²) in [6.45, 7) is 4.85. The molecule has 5 nitrogen and oxygen atoms in total. The molecular formula is C23H30N2O3. The average molecular weight is 383 g/mol. The molecule has 0 spiro atoms. The molecule has 150 valence electrons. The van der Waals surface area contributed by atoms with Crippen LogP contribution in [0.1, 0.15) is 25.3 Å². The Hall–Kier alpha value is -2.21. The molecule has 0 bridgehead atoms. The van der Waals surface area contributed by atoms with Crippen LogP contribution in [0.4, 0.5) is 0 Å². The highest BCUT2D eigenvalue weighted by Gasteiger charge is 2.50. The van der Waals surface area contributed by atoms with Crippen molar-refractivity contribution in [2.24, 2.45) is 0 Å². The van der Waals surface area contributed by atoms with Gasteiger partial charge >= 0.3 is 0 Å². The van der Waals surface area contributed by atoms with Gasteiger partial charge < -0.3 is 20.1 Å². The topological polar surface area (TPSA) is 61.8 Å². The summed E-state index contributed by atoms with van der Waals surface area (Å²) >= 11 is 0. The lowest BCUT2D eigenvalue weighted by molar-refractivity contribution is -0.154. The van der Waals surface area contributed by atoms with Crippen LogP contribution in [0.2, 0.25) is 0 Å². The van der Waals surface area contributed by atoms with E-state index in [4.69, 9.17) is 4.74 Å². The Morgan fingerprint density at radius 1 is 1.07 bits per heavy atom. The minimum Gasteiger partial charge on any atom is -0.394 e. The molecule has 2 aromatic rings. The number of rotatable bonds is 8. The van der Waals surface area contributed by atoms with Crippen LogP contribution in [0.25, 0.3) is 11.1 Å². The molecule has 3 atom stereocenters. The van der Waals surface area contributed by atoms with E-state index < -0.39 is 0 Å². The highest BCUT2D eigenvalue weighted by Crippen LogP contribution is 2.41. The molecule has 0 aromatic heterocycles. The summed E-state index contributed by atoms with van der Waals surface area (Å²) in [7, 11) is 1.52. The van der Waals surface area contributed by atoms with Gasteiger partial charge in [0.05, 0.1) is 18.7 Å². The fraction of sp³-hybridized carbons (Fsp3) is 0.435. The second kappa shape index (κ2) is 9.32. The maximum atomic E-state index is 12.5. The Kier molecular flexibility index (Phi) is 6.83. The van der Waals surface area contributed by atoms with E-state index in [-0.39, 0.29) is 37.1 Å². The van der Waals surface area contributed by atoms with Gasteiger partial charge in [-0.25, -0.2) is 0 Å². The lowest BCUT2D eigenvalue weighted by Crippen LogP contribution is -2.69. The van der Waals surface area contributed by atoms with Crippen molar-refractivity contribution >= 4 is 5.91 Å². The van der Waals surface area contributed by atoms with Crippen LogP contribution in [-0.4, -0.2) is 60.9 Å². The van der Waals surface area contributed by atoms with Gasteiger partial charge in [0.2, 0.25) is 5.91 Å². The van der Waals surface area contributed by atoms with Crippen LogP contribution in [0.15, 0.2) is 54.6 Å². The molecule has 3 rings (SSSR count). The molecule has 5 heteroatoms. The van der Waals surface area contributed by atoms with Crippen molar-refractivity contribution < 1.29 is 14.6 Å². The van der Waals surface area contributed by atoms with Gasteiger partial charge in [0.1, 0.15) is 6.61 Å². The normalized spacial score (nSPS) is 21.6. The Morgan fingerprint density at radius 2 is 1.71 bits per heavy atom. The molecule has 0 unspecified atom stereocenters. The molecule has 1 heterocycles. The number of aliphatic hydroxyl groups excluding tert-OH is 1. The molecule has 2 N–H and O–H groups in total. The maximum Gasteiger partial charge on any atom is 0.249 e. The van der Waals surface area contributed by atoms with Crippen molar-refractivity contribution in [1.82, 2.24) is 10.2 Å². The summed E-state index contributed by atoms with van der Waals surface area (Å²) in [6.07, 6.45) is 0. The van der Waals surface area contributed by atoms with E-state index in [1.165, 1.54) is 12.7 Å². The summed E-state index contributed by atoms with van der Waals surface area (Å²) in [5.74, 6) is 0.0242. The van der Waals surface area contributed by atoms with Crippen LogP contribution in [0.5, 0.6) is 0 Å². The number of benzene rings is 2. The van der Waals surface area contributed by atoms with Crippen LogP contribution >= 0.6 is 0 Å². The highest BCUT2D eigenvalue weighted by molar-refractivity contribution is 5.80. The number of nitrogens with one attached hydrogen (secondary N) is 1. The van der Waals surface area contributed by atoms with Crippen molar-refractivity contribution in [3.05, 3.63) is 60.2 Å². The van der Waals surface area contributed by atoms with Crippen molar-refractivity contribution in [3.63, 3.8) is 0 Å². The van der Waals surface area contributed by atoms with Crippen LogP contribution in [0.3, 0.4) is 0 Å². The number of nitrogens with zero attached hydrogens (tertiary/aromatic N) is 1. The number of aliphatic hydroxyl groups is 1. The second-order valence-electron chi connectivity index (χ2n) is 7.63. The van der Waals surface area contributed by atoms with E-state index in [1.54, 1.807) is 4.90 Å². The maximum absolute atomic E-state index is 12.5. The number of likely N-dealkylation sites (tertiary alicyclic amines) is 1. The number of amides is 1. The molecule has 1 saturated heterocycles. The predicted molar refractivity (Wildman–Crippen MR) is 111 cm³/mol. The minimum atomic E-state index is -0.218. The minimum absolute atomic E-state index is 0.00442. The number of methoxy groups -OCH3 is 1. The summed E-state index contributed by atoms with van der Waals surface area (Å²) < 4.78 is 5.04. The smallest absolute Gasteiger partial charge is 0.249 e. The van der Waals surface area contributed by atoms with Crippen molar-refractivity contribution in [2.45, 2.75) is 37.9 Å². The highest BCUT2D eigenvalue weighted by atomic mass is 16.5. The van der Waals surface area contributed by atoms with Gasteiger partial charge in [-0.2, -0.15) is 0 Å². The van der Waals surface area contributed by atoms with Crippen molar-refractivity contribution in [3.8, 4) is 11.1 Å². The van der Waals surface area contributed by atoms with Crippen molar-refractivity contribution in [2.75, 3.05) is 26.9 Å². The van der Waals surface area contributed by atoms with Crippen LogP contribution in [0, 0.1) is 0 Å². The molecule has 0 aliphatic carbocycles. The molecule has 2 aromatic carbocycles. The number of hydrogen-bond donors (Lipinski definition) is 2. The Labute approximate surface area is 167 Å². The largest absolute Gasteiger partial charge is 0.394 e. The first-order valence-corrected chi connectivity index (χ1v) is 9.86. The van der Waals surface area contributed by atoms with E-state index in [1.807, 2.05) is 18.2 Å². The van der Waals surface area contributed by atoms with E-state index in [2.05, 4.69) is 55.6 Å². The van der Waals surface area contributed by atoms with Gasteiger partial charge in [0.15, 0.2) is 0 Å². The Morgan fingerprint density at radius 3 is 2.29 bits per heavy atom. The molecule has 28 heavy (non-hydrogen) atoms. The zero-order chi connectivity index (χ0) is 20.1. The first-order valence-electron chi connectivity index (χ1n) is 9.86. The number of carbonyl (C=O) groups is 1. The summed E-state index contributed by atoms with van der Waals surface area (Å²) in [6, 6.07) is 18.8. The summed E-state index contributed by atoms with van der Waals surface area (Å²) in [4.78, 5) is 14.3. The predicted octanol–water partition coefficient (Wildman–Crippen LogP) is 2.65. The van der Waals surface area contributed by atoms with Gasteiger partial charge in [-0.1, -0.05) is 68.4 Å². The molecule has 0 saturated carbocycles. The Balaban J connectivity index is 1.83. The van der Waals surface area contributed by atoms with Gasteiger partial charge in [0, 0.05) is 25.6 Å². The van der Waals surface area contributed by atoms with E-state index in [9.17, 15) is 9.90 Å². The van der Waals surface area contributed by atoms with Gasteiger partial charge in [-0.05, 0) is 16.7 Å². The molecule has 1 aliphatic rings. The molecule has 1 aliphatic heterocycles. The van der Waals surface area contributed by atoms with E-state index >= 15 is 0 Å². The zero-order valence-corrected chi connectivity index (χ0v) is 16.8. The fourth-order valence-corrected chi connectivity index (χ4v) is 4.07. The standard InChI is InChI=1S/C23H30N2O3/c1-16(2)24-13-20-23(21(14-26)25(20)22(27)15-28-3)19-11-9-18(10-12-19)17-7-5-4-6-8-17/h4-12,16,20-21,23-24,26H,13-15H2,1-3H3/t20-,21+,23+/m0/s1. The number of hydrogen-bond acceptors (Lipinski definition) is 4. The lowest BCUT2D eigenvalue weighted by atomic mass is 9.74. The average Bonchev–Trinajstić information content (AvgIpc) is 2.68. The third kappa shape index (κ3) is 4.27. The Bertz CT molecular complexity index is 761. The summed E-state index contributed by atoms with van der Waals surface area (Å²) in [5.41, 5.74) is 3.49. The fourth-order valence-electron chi connectivity index (χ4n) is 4.07. The number of ether oxygens (including phenoxy) is 1.